The zero-order chi connectivity index (χ0) is 14.2. The molecule has 0 bridgehead atoms. The van der Waals surface area contributed by atoms with Gasteiger partial charge in [-0.3, -0.25) is 10.00 Å². The molecule has 1 saturated carbocycles. The molecule has 0 unspecified atom stereocenters. The van der Waals surface area contributed by atoms with Gasteiger partial charge in [0.25, 0.3) is 0 Å². The van der Waals surface area contributed by atoms with Crippen molar-refractivity contribution in [1.29, 1.82) is 0 Å². The van der Waals surface area contributed by atoms with Crippen molar-refractivity contribution in [2.45, 2.75) is 31.7 Å². The molecule has 1 aromatic heterocycles. The van der Waals surface area contributed by atoms with Crippen molar-refractivity contribution in [2.24, 2.45) is 0 Å². The Morgan fingerprint density at radius 1 is 1.10 bits per heavy atom. The SMILES string of the molecule is Nc1cc2cn[nH]c2cc1N1CCN(C2CCCC2)CC1. The van der Waals surface area contributed by atoms with Crippen molar-refractivity contribution in [1.82, 2.24) is 15.1 Å². The molecule has 1 aromatic carbocycles. The summed E-state index contributed by atoms with van der Waals surface area (Å²) in [6.45, 7) is 4.46. The van der Waals surface area contributed by atoms with E-state index in [1.807, 2.05) is 12.3 Å². The highest BCUT2D eigenvalue weighted by Crippen LogP contribution is 2.30. The number of hydrogen-bond donors (Lipinski definition) is 2. The number of nitrogens with one attached hydrogen (secondary N) is 1. The van der Waals surface area contributed by atoms with E-state index in [1.165, 1.54) is 25.7 Å². The summed E-state index contributed by atoms with van der Waals surface area (Å²) in [7, 11) is 0. The number of nitrogens with two attached hydrogens (primary N) is 1. The Morgan fingerprint density at radius 2 is 1.86 bits per heavy atom. The Hall–Kier alpha value is -1.75. The Labute approximate surface area is 125 Å². The lowest BCUT2D eigenvalue weighted by Gasteiger charge is -2.39. The molecule has 2 fully saturated rings. The van der Waals surface area contributed by atoms with E-state index >= 15 is 0 Å². The maximum atomic E-state index is 6.24. The van der Waals surface area contributed by atoms with E-state index in [-0.39, 0.29) is 0 Å². The summed E-state index contributed by atoms with van der Waals surface area (Å²) in [5.74, 6) is 0. The van der Waals surface area contributed by atoms with Gasteiger partial charge < -0.3 is 10.6 Å². The number of fused-ring (bicyclic) bond motifs is 1. The number of rotatable bonds is 2. The van der Waals surface area contributed by atoms with E-state index < -0.39 is 0 Å². The van der Waals surface area contributed by atoms with E-state index in [2.05, 4.69) is 26.1 Å². The van der Waals surface area contributed by atoms with Crippen molar-refractivity contribution in [3.63, 3.8) is 0 Å². The minimum Gasteiger partial charge on any atom is -0.397 e. The van der Waals surface area contributed by atoms with Crippen molar-refractivity contribution in [3.8, 4) is 0 Å². The standard InChI is InChI=1S/C16H23N5/c17-14-9-12-11-18-19-15(12)10-16(14)21-7-5-20(6-8-21)13-3-1-2-4-13/h9-11,13H,1-8,17H2,(H,18,19). The van der Waals surface area contributed by atoms with Gasteiger partial charge in [-0.2, -0.15) is 5.10 Å². The van der Waals surface area contributed by atoms with Gasteiger partial charge in [-0.1, -0.05) is 12.8 Å². The van der Waals surface area contributed by atoms with E-state index in [0.717, 1.165) is 54.5 Å². The van der Waals surface area contributed by atoms with Crippen LogP contribution in [-0.2, 0) is 0 Å². The van der Waals surface area contributed by atoms with Crippen LogP contribution in [0.25, 0.3) is 10.9 Å². The Morgan fingerprint density at radius 3 is 2.62 bits per heavy atom. The van der Waals surface area contributed by atoms with Crippen LogP contribution in [0.1, 0.15) is 25.7 Å². The zero-order valence-electron chi connectivity index (χ0n) is 12.4. The van der Waals surface area contributed by atoms with Gasteiger partial charge in [-0.05, 0) is 25.0 Å². The van der Waals surface area contributed by atoms with E-state index in [4.69, 9.17) is 5.73 Å². The number of hydrogen-bond acceptors (Lipinski definition) is 4. The lowest BCUT2D eigenvalue weighted by molar-refractivity contribution is 0.187. The average Bonchev–Trinajstić information content (AvgIpc) is 3.17. The van der Waals surface area contributed by atoms with Crippen LogP contribution in [0.15, 0.2) is 18.3 Å². The molecule has 0 radical (unpaired) electrons. The monoisotopic (exact) mass is 285 g/mol. The van der Waals surface area contributed by atoms with Gasteiger partial charge in [0.05, 0.1) is 23.1 Å². The molecule has 0 atom stereocenters. The number of anilines is 2. The lowest BCUT2D eigenvalue weighted by atomic mass is 10.1. The molecular formula is C16H23N5. The Kier molecular flexibility index (Phi) is 3.22. The predicted molar refractivity (Wildman–Crippen MR) is 86.5 cm³/mol. The van der Waals surface area contributed by atoms with Gasteiger partial charge in [0.1, 0.15) is 0 Å². The van der Waals surface area contributed by atoms with Gasteiger partial charge in [0.2, 0.25) is 0 Å². The third kappa shape index (κ3) is 2.35. The van der Waals surface area contributed by atoms with Crippen molar-refractivity contribution >= 4 is 22.3 Å². The quantitative estimate of drug-likeness (QED) is 0.831. The first-order chi connectivity index (χ1) is 10.3. The van der Waals surface area contributed by atoms with Crippen molar-refractivity contribution in [2.75, 3.05) is 36.8 Å². The summed E-state index contributed by atoms with van der Waals surface area (Å²) < 4.78 is 0. The largest absolute Gasteiger partial charge is 0.397 e. The minimum absolute atomic E-state index is 0.833. The number of H-pyrrole nitrogens is 1. The normalized spacial score (nSPS) is 21.4. The molecular weight excluding hydrogens is 262 g/mol. The number of nitrogens with zero attached hydrogens (tertiary/aromatic N) is 3. The highest BCUT2D eigenvalue weighted by atomic mass is 15.3. The third-order valence-electron chi connectivity index (χ3n) is 5.08. The molecule has 0 amide bonds. The van der Waals surface area contributed by atoms with Crippen molar-refractivity contribution in [3.05, 3.63) is 18.3 Å². The molecule has 2 aromatic rings. The van der Waals surface area contributed by atoms with Crippen LogP contribution in [0.2, 0.25) is 0 Å². The summed E-state index contributed by atoms with van der Waals surface area (Å²) in [4.78, 5) is 5.09. The first-order valence-electron chi connectivity index (χ1n) is 8.03. The molecule has 0 spiro atoms. The molecule has 2 heterocycles. The van der Waals surface area contributed by atoms with Gasteiger partial charge in [-0.25, -0.2) is 0 Å². The second kappa shape index (κ2) is 5.22. The molecule has 2 aliphatic rings. The summed E-state index contributed by atoms with van der Waals surface area (Å²) in [5, 5.41) is 8.21. The highest BCUT2D eigenvalue weighted by molar-refractivity contribution is 5.88. The second-order valence-corrected chi connectivity index (χ2v) is 6.33. The fourth-order valence-corrected chi connectivity index (χ4v) is 3.87. The minimum atomic E-state index is 0.833. The molecule has 4 rings (SSSR count). The molecule has 1 aliphatic carbocycles. The van der Waals surface area contributed by atoms with Crippen LogP contribution in [0.3, 0.4) is 0 Å². The van der Waals surface area contributed by atoms with Gasteiger partial charge in [0.15, 0.2) is 0 Å². The molecule has 5 nitrogen and oxygen atoms in total. The molecule has 1 saturated heterocycles. The third-order valence-corrected chi connectivity index (χ3v) is 5.08. The number of nitrogen functional groups attached to an aromatic ring is 1. The second-order valence-electron chi connectivity index (χ2n) is 6.33. The topological polar surface area (TPSA) is 61.2 Å². The first-order valence-corrected chi connectivity index (χ1v) is 8.03. The molecule has 3 N–H and O–H groups in total. The van der Waals surface area contributed by atoms with Gasteiger partial charge >= 0.3 is 0 Å². The predicted octanol–water partition coefficient (Wildman–Crippen LogP) is 2.21. The molecule has 21 heavy (non-hydrogen) atoms. The molecule has 5 heteroatoms. The van der Waals surface area contributed by atoms with E-state index in [9.17, 15) is 0 Å². The Bertz CT molecular complexity index is 621. The zero-order valence-corrected chi connectivity index (χ0v) is 12.4. The number of piperazine rings is 1. The molecule has 112 valence electrons. The first kappa shape index (κ1) is 13.0. The number of aromatic nitrogens is 2. The fraction of sp³-hybridized carbons (Fsp3) is 0.562. The fourth-order valence-electron chi connectivity index (χ4n) is 3.87. The van der Waals surface area contributed by atoms with E-state index in [1.54, 1.807) is 0 Å². The maximum absolute atomic E-state index is 6.24. The van der Waals surface area contributed by atoms with Gasteiger partial charge in [0, 0.05) is 37.6 Å². The number of aromatic amines is 1. The maximum Gasteiger partial charge on any atom is 0.0672 e. The van der Waals surface area contributed by atoms with Gasteiger partial charge in [-0.15, -0.1) is 0 Å². The lowest BCUT2D eigenvalue weighted by Crippen LogP contribution is -2.49. The van der Waals surface area contributed by atoms with Crippen LogP contribution in [0, 0.1) is 0 Å². The van der Waals surface area contributed by atoms with Crippen LogP contribution in [0.5, 0.6) is 0 Å². The summed E-state index contributed by atoms with van der Waals surface area (Å²) in [6, 6.07) is 5.00. The number of benzene rings is 1. The highest BCUT2D eigenvalue weighted by Gasteiger charge is 2.26. The van der Waals surface area contributed by atoms with Crippen molar-refractivity contribution < 1.29 is 0 Å². The van der Waals surface area contributed by atoms with Crippen LogP contribution in [-0.4, -0.2) is 47.3 Å². The smallest absolute Gasteiger partial charge is 0.0672 e. The van der Waals surface area contributed by atoms with E-state index in [0.29, 0.717) is 0 Å². The summed E-state index contributed by atoms with van der Waals surface area (Å²) in [6.07, 6.45) is 7.43. The summed E-state index contributed by atoms with van der Waals surface area (Å²) >= 11 is 0. The average molecular weight is 285 g/mol. The van der Waals surface area contributed by atoms with Crippen LogP contribution < -0.4 is 10.6 Å². The molecule has 1 aliphatic heterocycles. The van der Waals surface area contributed by atoms with Crippen LogP contribution >= 0.6 is 0 Å². The summed E-state index contributed by atoms with van der Waals surface area (Å²) in [5.41, 5.74) is 9.31. The van der Waals surface area contributed by atoms with Crippen LogP contribution in [0.4, 0.5) is 11.4 Å². The Balaban J connectivity index is 1.50.